The summed E-state index contributed by atoms with van der Waals surface area (Å²) in [7, 11) is 0. The zero-order chi connectivity index (χ0) is 29.5. The number of aryl methyl sites for hydroxylation is 1. The van der Waals surface area contributed by atoms with Gasteiger partial charge in [0, 0.05) is 16.9 Å². The number of fused-ring (bicyclic) bond motifs is 1. The summed E-state index contributed by atoms with van der Waals surface area (Å²) < 4.78 is 13.7. The molecule has 212 valence electrons. The molecule has 3 aromatic heterocycles. The van der Waals surface area contributed by atoms with Gasteiger partial charge in [-0.2, -0.15) is 5.10 Å². The molecule has 0 aliphatic carbocycles. The number of halogens is 1. The number of benzene rings is 2. The number of aromatic nitrogens is 4. The Kier molecular flexibility index (Phi) is 9.15. The van der Waals surface area contributed by atoms with Crippen LogP contribution in [-0.2, 0) is 22.7 Å². The molecule has 10 heteroatoms. The first-order valence-electron chi connectivity index (χ1n) is 13.1. The largest absolute Gasteiger partial charge is 0.478 e. The number of pyridine rings is 2. The van der Waals surface area contributed by atoms with E-state index in [-0.39, 0.29) is 19.0 Å². The monoisotopic (exact) mass is 626 g/mol. The molecule has 0 aliphatic heterocycles. The van der Waals surface area contributed by atoms with E-state index < -0.39 is 12.1 Å². The van der Waals surface area contributed by atoms with Crippen molar-refractivity contribution in [1.29, 1.82) is 0 Å². The summed E-state index contributed by atoms with van der Waals surface area (Å²) in [6.45, 7) is 2.43. The molecule has 0 aliphatic rings. The molecule has 0 amide bonds. The zero-order valence-electron chi connectivity index (χ0n) is 22.7. The highest BCUT2D eigenvalue weighted by Gasteiger charge is 2.21. The molecule has 42 heavy (non-hydrogen) atoms. The first-order valence-corrected chi connectivity index (χ1v) is 13.9. The molecule has 1 N–H and O–H groups in total. The molecule has 2 aromatic carbocycles. The van der Waals surface area contributed by atoms with E-state index in [9.17, 15) is 14.7 Å². The number of ketones is 1. The van der Waals surface area contributed by atoms with E-state index in [1.54, 1.807) is 53.5 Å². The molecule has 0 saturated heterocycles. The molecule has 0 bridgehead atoms. The fourth-order valence-corrected chi connectivity index (χ4v) is 4.71. The number of carboxylic acid groups (broad SMARTS) is 1. The Hall–Kier alpha value is -4.67. The van der Waals surface area contributed by atoms with E-state index in [2.05, 4.69) is 31.0 Å². The molecule has 0 radical (unpaired) electrons. The predicted molar refractivity (Wildman–Crippen MR) is 161 cm³/mol. The van der Waals surface area contributed by atoms with Crippen molar-refractivity contribution in [3.63, 3.8) is 0 Å². The summed E-state index contributed by atoms with van der Waals surface area (Å²) in [4.78, 5) is 33.4. The number of para-hydroxylation sites is 1. The summed E-state index contributed by atoms with van der Waals surface area (Å²) in [5, 5.41) is 14.7. The van der Waals surface area contributed by atoms with Crippen LogP contribution in [0.25, 0.3) is 17.1 Å². The number of rotatable bonds is 12. The summed E-state index contributed by atoms with van der Waals surface area (Å²) >= 11 is 3.58. The standard InChI is InChI=1S/C32H27BrN4O5/c1-21-11-14-27(35-18-21)30(38)29-25-10-5-15-34-31(25)37(36-29)16-6-7-22-12-13-23(26(33)17-22)19-41-20-28(32(39)40)42-24-8-3-2-4-9-24/h2-15,17-18,28H,16,19-20H2,1H3,(H,39,40)/b7-6+/t28-/m1/s1. The minimum Gasteiger partial charge on any atom is -0.478 e. The maximum absolute atomic E-state index is 13.1. The third-order valence-electron chi connectivity index (χ3n) is 6.36. The highest BCUT2D eigenvalue weighted by atomic mass is 79.9. The van der Waals surface area contributed by atoms with Gasteiger partial charge in [-0.1, -0.05) is 64.5 Å². The molecule has 3 heterocycles. The molecule has 0 saturated carbocycles. The molecule has 1 atom stereocenters. The Balaban J connectivity index is 1.22. The lowest BCUT2D eigenvalue weighted by Crippen LogP contribution is -2.32. The van der Waals surface area contributed by atoms with Crippen molar-refractivity contribution in [2.75, 3.05) is 6.61 Å². The van der Waals surface area contributed by atoms with Crippen LogP contribution in [-0.4, -0.2) is 49.3 Å². The van der Waals surface area contributed by atoms with Crippen molar-refractivity contribution in [1.82, 2.24) is 19.7 Å². The number of carboxylic acids is 1. The topological polar surface area (TPSA) is 116 Å². The van der Waals surface area contributed by atoms with Crippen molar-refractivity contribution in [2.24, 2.45) is 0 Å². The molecular formula is C32H27BrN4O5. The van der Waals surface area contributed by atoms with Crippen LogP contribution in [0.3, 0.4) is 0 Å². The number of carbonyl (C=O) groups is 2. The normalized spacial score (nSPS) is 12.0. The van der Waals surface area contributed by atoms with E-state index in [1.165, 1.54) is 0 Å². The summed E-state index contributed by atoms with van der Waals surface area (Å²) in [5.74, 6) is -0.878. The zero-order valence-corrected chi connectivity index (χ0v) is 24.3. The van der Waals surface area contributed by atoms with Crippen molar-refractivity contribution >= 4 is 44.8 Å². The van der Waals surface area contributed by atoms with Gasteiger partial charge in [0.15, 0.2) is 5.65 Å². The van der Waals surface area contributed by atoms with Gasteiger partial charge < -0.3 is 14.6 Å². The van der Waals surface area contributed by atoms with Gasteiger partial charge in [-0.25, -0.2) is 14.5 Å². The molecule has 5 rings (SSSR count). The van der Waals surface area contributed by atoms with Crippen molar-refractivity contribution < 1.29 is 24.2 Å². The fourth-order valence-electron chi connectivity index (χ4n) is 4.20. The van der Waals surface area contributed by atoms with Crippen LogP contribution in [0.5, 0.6) is 5.75 Å². The second-order valence-electron chi connectivity index (χ2n) is 9.48. The van der Waals surface area contributed by atoms with Crippen LogP contribution in [0.1, 0.15) is 32.9 Å². The van der Waals surface area contributed by atoms with E-state index >= 15 is 0 Å². The molecule has 9 nitrogen and oxygen atoms in total. The van der Waals surface area contributed by atoms with Crippen LogP contribution in [0.4, 0.5) is 0 Å². The number of allylic oxidation sites excluding steroid dienone is 1. The van der Waals surface area contributed by atoms with Gasteiger partial charge in [-0.3, -0.25) is 9.78 Å². The number of hydrogen-bond donors (Lipinski definition) is 1. The molecule has 0 unspecified atom stereocenters. The maximum Gasteiger partial charge on any atom is 0.347 e. The average molecular weight is 627 g/mol. The van der Waals surface area contributed by atoms with Crippen LogP contribution in [0.2, 0.25) is 0 Å². The molecule has 5 aromatic rings. The molecular weight excluding hydrogens is 600 g/mol. The Morgan fingerprint density at radius 3 is 2.62 bits per heavy atom. The molecule has 0 spiro atoms. The SMILES string of the molecule is Cc1ccc(C(=O)c2nn(C/C=C/c3ccc(COC[C@@H](Oc4ccccc4)C(=O)O)c(Br)c3)c3ncccc23)nc1. The summed E-state index contributed by atoms with van der Waals surface area (Å²) in [6.07, 6.45) is 6.10. The van der Waals surface area contributed by atoms with E-state index in [0.29, 0.717) is 34.7 Å². The van der Waals surface area contributed by atoms with E-state index in [0.717, 1.165) is 21.2 Å². The number of hydrogen-bond acceptors (Lipinski definition) is 7. The van der Waals surface area contributed by atoms with Crippen molar-refractivity contribution in [3.05, 3.63) is 124 Å². The predicted octanol–water partition coefficient (Wildman–Crippen LogP) is 5.89. The summed E-state index contributed by atoms with van der Waals surface area (Å²) in [5.41, 5.74) is 4.04. The van der Waals surface area contributed by atoms with Gasteiger partial charge in [0.05, 0.1) is 25.1 Å². The summed E-state index contributed by atoms with van der Waals surface area (Å²) in [6, 6.07) is 21.7. The maximum atomic E-state index is 13.1. The Morgan fingerprint density at radius 2 is 1.88 bits per heavy atom. The van der Waals surface area contributed by atoms with Gasteiger partial charge in [-0.15, -0.1) is 0 Å². The highest BCUT2D eigenvalue weighted by molar-refractivity contribution is 9.10. The number of aliphatic carboxylic acids is 1. The van der Waals surface area contributed by atoms with Gasteiger partial charge in [0.25, 0.3) is 0 Å². The lowest BCUT2D eigenvalue weighted by molar-refractivity contribution is -0.148. The first kappa shape index (κ1) is 28.8. The van der Waals surface area contributed by atoms with E-state index in [1.807, 2.05) is 55.5 Å². The van der Waals surface area contributed by atoms with Crippen LogP contribution in [0.15, 0.2) is 95.7 Å². The fraction of sp³-hybridized carbons (Fsp3) is 0.156. The van der Waals surface area contributed by atoms with Crippen LogP contribution >= 0.6 is 15.9 Å². The number of ether oxygens (including phenoxy) is 2. The Morgan fingerprint density at radius 1 is 1.05 bits per heavy atom. The third-order valence-corrected chi connectivity index (χ3v) is 7.09. The Bertz CT molecular complexity index is 1740. The van der Waals surface area contributed by atoms with Crippen molar-refractivity contribution in [2.45, 2.75) is 26.2 Å². The van der Waals surface area contributed by atoms with Gasteiger partial charge in [0.1, 0.15) is 17.1 Å². The van der Waals surface area contributed by atoms with Gasteiger partial charge in [0.2, 0.25) is 11.9 Å². The molecule has 0 fully saturated rings. The van der Waals surface area contributed by atoms with Crippen LogP contribution in [0, 0.1) is 6.92 Å². The van der Waals surface area contributed by atoms with Gasteiger partial charge in [-0.05, 0) is 60.0 Å². The minimum atomic E-state index is -1.12. The lowest BCUT2D eigenvalue weighted by Gasteiger charge is -2.15. The Labute approximate surface area is 250 Å². The first-order chi connectivity index (χ1) is 20.4. The van der Waals surface area contributed by atoms with Crippen molar-refractivity contribution in [3.8, 4) is 5.75 Å². The number of carbonyl (C=O) groups excluding carboxylic acids is 1. The highest BCUT2D eigenvalue weighted by Crippen LogP contribution is 2.22. The average Bonchev–Trinajstić information content (AvgIpc) is 3.36. The quantitative estimate of drug-likeness (QED) is 0.170. The van der Waals surface area contributed by atoms with Crippen LogP contribution < -0.4 is 4.74 Å². The van der Waals surface area contributed by atoms with Gasteiger partial charge >= 0.3 is 5.97 Å². The van der Waals surface area contributed by atoms with E-state index in [4.69, 9.17) is 9.47 Å². The third kappa shape index (κ3) is 6.96. The minimum absolute atomic E-state index is 0.103. The second-order valence-corrected chi connectivity index (χ2v) is 10.3. The smallest absolute Gasteiger partial charge is 0.347 e. The number of nitrogens with zero attached hydrogens (tertiary/aromatic N) is 4. The second kappa shape index (κ2) is 13.3. The lowest BCUT2D eigenvalue weighted by atomic mass is 10.1.